The van der Waals surface area contributed by atoms with Gasteiger partial charge in [-0.05, 0) is 52.5 Å². The van der Waals surface area contributed by atoms with Gasteiger partial charge in [0.15, 0.2) is 15.7 Å². The van der Waals surface area contributed by atoms with Crippen LogP contribution in [-0.4, -0.2) is 83.1 Å². The van der Waals surface area contributed by atoms with Crippen molar-refractivity contribution in [2.45, 2.75) is 80.8 Å². The van der Waals surface area contributed by atoms with Crippen LogP contribution in [0.2, 0.25) is 0 Å². The molecule has 1 atom stereocenters. The van der Waals surface area contributed by atoms with Crippen molar-refractivity contribution < 1.29 is 22.0 Å². The van der Waals surface area contributed by atoms with Crippen LogP contribution in [0.4, 0.5) is 14.5 Å². The molecule has 1 amide bonds. The molecule has 3 fully saturated rings. The zero-order chi connectivity index (χ0) is 29.5. The lowest BCUT2D eigenvalue weighted by molar-refractivity contribution is -0.131. The monoisotopic (exact) mass is 608 g/mol. The summed E-state index contributed by atoms with van der Waals surface area (Å²) in [6.45, 7) is 6.61. The lowest BCUT2D eigenvalue weighted by Crippen LogP contribution is -2.66. The fourth-order valence-electron chi connectivity index (χ4n) is 5.41. The Labute approximate surface area is 241 Å². The Bertz CT molecular complexity index is 1630. The maximum absolute atomic E-state index is 13.7. The van der Waals surface area contributed by atoms with Crippen LogP contribution in [-0.2, 0) is 14.8 Å². The number of piperazine rings is 1. The third-order valence-corrected chi connectivity index (χ3v) is 10.4. The summed E-state index contributed by atoms with van der Waals surface area (Å²) in [5.41, 5.74) is 1.22. The molecule has 1 aliphatic heterocycles. The van der Waals surface area contributed by atoms with E-state index >= 15 is 0 Å². The Morgan fingerprint density at radius 3 is 2.51 bits per heavy atom. The van der Waals surface area contributed by atoms with E-state index in [4.69, 9.17) is 4.98 Å². The van der Waals surface area contributed by atoms with E-state index in [2.05, 4.69) is 20.2 Å². The number of alkyl halides is 2. The van der Waals surface area contributed by atoms with Gasteiger partial charge in [0.25, 0.3) is 6.43 Å². The number of imidazole rings is 1. The molecule has 2 aliphatic carbocycles. The second kappa shape index (κ2) is 9.64. The van der Waals surface area contributed by atoms with E-state index in [9.17, 15) is 22.0 Å². The molecule has 2 N–H and O–H groups in total. The highest BCUT2D eigenvalue weighted by molar-refractivity contribution is 7.89. The van der Waals surface area contributed by atoms with Crippen molar-refractivity contribution in [1.82, 2.24) is 34.5 Å². The van der Waals surface area contributed by atoms with Gasteiger partial charge in [0.2, 0.25) is 15.9 Å². The first-order valence-corrected chi connectivity index (χ1v) is 15.9. The molecule has 4 heterocycles. The van der Waals surface area contributed by atoms with Gasteiger partial charge >= 0.3 is 0 Å². The number of anilines is 1. The van der Waals surface area contributed by atoms with Gasteiger partial charge in [-0.2, -0.15) is 0 Å². The molecule has 1 saturated heterocycles. The number of fused-ring (bicyclic) bond motifs is 1. The molecular formula is C26H34F2N8O3S2. The Kier molecular flexibility index (Phi) is 6.67. The smallest absolute Gasteiger partial charge is 0.291 e. The van der Waals surface area contributed by atoms with Gasteiger partial charge < -0.3 is 9.80 Å². The number of nitrogens with zero attached hydrogens (tertiary/aromatic N) is 6. The molecule has 3 aliphatic rings. The van der Waals surface area contributed by atoms with Gasteiger partial charge in [0.1, 0.15) is 16.6 Å². The molecule has 0 spiro atoms. The zero-order valence-electron chi connectivity index (χ0n) is 23.6. The van der Waals surface area contributed by atoms with Crippen LogP contribution in [0.15, 0.2) is 17.2 Å². The first-order chi connectivity index (χ1) is 19.2. The standard InChI is InChI=1S/C26H34F2N8O3S2/c1-25(2)13-35(12-16(30-25)24(37)34(4)5)17-10-15(41(38,39)33-26(3)8-9-26)11-36-19(18(14-6-7-14)29-21(17)36)22-31-32-23(40-22)20(27)28/h10-11,14,16,20,30,33H,6-9,12-13H2,1-5H3/t16-/m1/s1. The van der Waals surface area contributed by atoms with E-state index in [0.29, 0.717) is 35.8 Å². The number of amides is 1. The molecule has 0 radical (unpaired) electrons. The third-order valence-electron chi connectivity index (χ3n) is 7.82. The number of hydrogen-bond donors (Lipinski definition) is 2. The van der Waals surface area contributed by atoms with E-state index in [1.165, 1.54) is 11.1 Å². The molecule has 0 aromatic carbocycles. The summed E-state index contributed by atoms with van der Waals surface area (Å²) in [6, 6.07) is 1.08. The lowest BCUT2D eigenvalue weighted by Gasteiger charge is -2.44. The number of aromatic nitrogens is 4. The highest BCUT2D eigenvalue weighted by Crippen LogP contribution is 2.46. The zero-order valence-corrected chi connectivity index (χ0v) is 25.2. The summed E-state index contributed by atoms with van der Waals surface area (Å²) < 4.78 is 58.8. The summed E-state index contributed by atoms with van der Waals surface area (Å²) in [5.74, 6) is 0.0183. The van der Waals surface area contributed by atoms with Gasteiger partial charge in [-0.15, -0.1) is 10.2 Å². The SMILES string of the molecule is CN(C)C(=O)[C@H]1CN(c2cc(S(=O)(=O)NC3(C)CC3)cn3c(-c4nnc(C(F)F)s4)c(C4CC4)nc23)CC(C)(C)N1. The molecule has 15 heteroatoms. The minimum absolute atomic E-state index is 0.0274. The van der Waals surface area contributed by atoms with Crippen molar-refractivity contribution in [3.8, 4) is 10.7 Å². The number of carbonyl (C=O) groups is 1. The fourth-order valence-corrected chi connectivity index (χ4v) is 7.64. The molecule has 0 unspecified atom stereocenters. The van der Waals surface area contributed by atoms with Gasteiger partial charge in [-0.25, -0.2) is 26.9 Å². The highest BCUT2D eigenvalue weighted by Gasteiger charge is 2.43. The number of pyridine rings is 1. The van der Waals surface area contributed by atoms with Gasteiger partial charge in [-0.1, -0.05) is 11.3 Å². The number of nitrogens with one attached hydrogen (secondary N) is 2. The normalized spacial score (nSPS) is 22.0. The van der Waals surface area contributed by atoms with E-state index in [-0.39, 0.29) is 21.7 Å². The number of carbonyl (C=O) groups excluding carboxylic acids is 1. The Balaban J connectivity index is 1.56. The number of halogens is 2. The molecule has 11 nitrogen and oxygen atoms in total. The van der Waals surface area contributed by atoms with E-state index in [1.807, 2.05) is 25.7 Å². The predicted molar refractivity (Wildman–Crippen MR) is 151 cm³/mol. The molecule has 3 aromatic rings. The molecule has 3 aromatic heterocycles. The average molecular weight is 609 g/mol. The van der Waals surface area contributed by atoms with E-state index in [1.54, 1.807) is 24.6 Å². The van der Waals surface area contributed by atoms with Crippen LogP contribution in [0.5, 0.6) is 0 Å². The molecule has 2 saturated carbocycles. The summed E-state index contributed by atoms with van der Waals surface area (Å²) >= 11 is 0.783. The van der Waals surface area contributed by atoms with Crippen molar-refractivity contribution in [1.29, 1.82) is 0 Å². The van der Waals surface area contributed by atoms with Crippen LogP contribution in [0.3, 0.4) is 0 Å². The highest BCUT2D eigenvalue weighted by atomic mass is 32.2. The predicted octanol–water partition coefficient (Wildman–Crippen LogP) is 3.14. The quantitative estimate of drug-likeness (QED) is 0.400. The summed E-state index contributed by atoms with van der Waals surface area (Å²) in [6.07, 6.45) is 1.99. The first kappa shape index (κ1) is 28.4. The van der Waals surface area contributed by atoms with Crippen LogP contribution in [0.25, 0.3) is 16.3 Å². The van der Waals surface area contributed by atoms with E-state index < -0.39 is 38.6 Å². The third kappa shape index (κ3) is 5.44. The minimum atomic E-state index is -3.95. The maximum atomic E-state index is 13.7. The number of rotatable bonds is 8. The summed E-state index contributed by atoms with van der Waals surface area (Å²) in [7, 11) is -0.555. The van der Waals surface area contributed by atoms with Crippen molar-refractivity contribution in [2.75, 3.05) is 32.1 Å². The minimum Gasteiger partial charge on any atom is -0.365 e. The number of sulfonamides is 1. The van der Waals surface area contributed by atoms with Crippen molar-refractivity contribution >= 4 is 38.6 Å². The van der Waals surface area contributed by atoms with Crippen molar-refractivity contribution in [3.63, 3.8) is 0 Å². The van der Waals surface area contributed by atoms with Crippen LogP contribution in [0.1, 0.15) is 69.5 Å². The molecule has 0 bridgehead atoms. The second-order valence-electron chi connectivity index (χ2n) is 12.5. The molecule has 6 rings (SSSR count). The summed E-state index contributed by atoms with van der Waals surface area (Å²) in [5, 5.41) is 11.0. The second-order valence-corrected chi connectivity index (χ2v) is 15.2. The Hall–Kier alpha value is -2.75. The lowest BCUT2D eigenvalue weighted by atomic mass is 9.97. The van der Waals surface area contributed by atoms with Crippen LogP contribution >= 0.6 is 11.3 Å². The van der Waals surface area contributed by atoms with Crippen molar-refractivity contribution in [3.05, 3.63) is 23.0 Å². The molecule has 41 heavy (non-hydrogen) atoms. The fraction of sp³-hybridized carbons (Fsp3) is 0.615. The molecular weight excluding hydrogens is 574 g/mol. The van der Waals surface area contributed by atoms with Crippen LogP contribution in [0, 0.1) is 0 Å². The first-order valence-electron chi connectivity index (χ1n) is 13.6. The van der Waals surface area contributed by atoms with Crippen LogP contribution < -0.4 is 14.9 Å². The average Bonchev–Trinajstić information content (AvgIpc) is 3.76. The summed E-state index contributed by atoms with van der Waals surface area (Å²) in [4.78, 5) is 21.6. The van der Waals surface area contributed by atoms with Gasteiger partial charge in [-0.3, -0.25) is 14.5 Å². The largest absolute Gasteiger partial charge is 0.365 e. The number of likely N-dealkylation sites (N-methyl/N-ethyl adjacent to an activating group) is 1. The maximum Gasteiger partial charge on any atom is 0.291 e. The topological polar surface area (TPSA) is 125 Å². The number of hydrogen-bond acceptors (Lipinski definition) is 9. The molecule has 222 valence electrons. The Morgan fingerprint density at radius 1 is 1.22 bits per heavy atom. The van der Waals surface area contributed by atoms with Gasteiger partial charge in [0, 0.05) is 50.4 Å². The van der Waals surface area contributed by atoms with Crippen molar-refractivity contribution in [2.24, 2.45) is 0 Å². The van der Waals surface area contributed by atoms with Gasteiger partial charge in [0.05, 0.1) is 11.4 Å². The Morgan fingerprint density at radius 2 is 1.93 bits per heavy atom. The van der Waals surface area contributed by atoms with E-state index in [0.717, 1.165) is 37.0 Å².